The van der Waals surface area contributed by atoms with E-state index in [0.29, 0.717) is 0 Å². The van der Waals surface area contributed by atoms with E-state index in [9.17, 15) is 0 Å². The predicted molar refractivity (Wildman–Crippen MR) is 74.5 cm³/mol. The molecule has 0 aliphatic carbocycles. The number of halogens is 2. The Morgan fingerprint density at radius 1 is 1.33 bits per heavy atom. The summed E-state index contributed by atoms with van der Waals surface area (Å²) >= 11 is 9.93. The van der Waals surface area contributed by atoms with Gasteiger partial charge in [-0.1, -0.05) is 23.7 Å². The topological polar surface area (TPSA) is 26.0 Å². The van der Waals surface area contributed by atoms with Gasteiger partial charge in [-0.25, -0.2) is 0 Å². The van der Waals surface area contributed by atoms with Crippen molar-refractivity contribution in [2.75, 3.05) is 0 Å². The van der Waals surface area contributed by atoms with Crippen LogP contribution in [0.5, 0.6) is 0 Å². The second-order valence-electron chi connectivity index (χ2n) is 3.17. The molecule has 1 unspecified atom stereocenters. The molecule has 2 aromatic rings. The Hall–Kier alpha value is -0.100. The van der Waals surface area contributed by atoms with E-state index in [0.717, 1.165) is 15.5 Å². The van der Waals surface area contributed by atoms with Gasteiger partial charge in [-0.05, 0) is 51.7 Å². The smallest absolute Gasteiger partial charge is 0.0661 e. The first-order valence-electron chi connectivity index (χ1n) is 4.42. The molecular weight excluding hydrogens is 341 g/mol. The number of rotatable bonds is 2. The molecule has 0 amide bonds. The second-order valence-corrected chi connectivity index (χ2v) is 5.77. The Morgan fingerprint density at radius 3 is 2.73 bits per heavy atom. The molecule has 0 aliphatic heterocycles. The minimum atomic E-state index is -0.118. The molecule has 0 bridgehead atoms. The summed E-state index contributed by atoms with van der Waals surface area (Å²) < 4.78 is 1.19. The summed E-state index contributed by atoms with van der Waals surface area (Å²) in [6.07, 6.45) is 0. The lowest BCUT2D eigenvalue weighted by Crippen LogP contribution is -2.10. The minimum absolute atomic E-state index is 0.118. The molecule has 0 spiro atoms. The summed E-state index contributed by atoms with van der Waals surface area (Å²) in [5.74, 6) is 0. The summed E-state index contributed by atoms with van der Waals surface area (Å²) in [5, 5.41) is 2.72. The van der Waals surface area contributed by atoms with Crippen molar-refractivity contribution in [2.24, 2.45) is 5.73 Å². The molecule has 15 heavy (non-hydrogen) atoms. The van der Waals surface area contributed by atoms with Crippen molar-refractivity contribution < 1.29 is 0 Å². The van der Waals surface area contributed by atoms with Gasteiger partial charge in [-0.3, -0.25) is 0 Å². The summed E-state index contributed by atoms with van der Waals surface area (Å²) in [7, 11) is 0. The Balaban J connectivity index is 2.36. The molecule has 0 saturated carbocycles. The summed E-state index contributed by atoms with van der Waals surface area (Å²) in [4.78, 5) is 1.03. The maximum atomic E-state index is 6.15. The van der Waals surface area contributed by atoms with Crippen LogP contribution in [-0.4, -0.2) is 0 Å². The van der Waals surface area contributed by atoms with Crippen molar-refractivity contribution >= 4 is 45.5 Å². The Morgan fingerprint density at radius 2 is 2.13 bits per heavy atom. The molecule has 2 N–H and O–H groups in total. The zero-order chi connectivity index (χ0) is 10.8. The number of thiophene rings is 1. The van der Waals surface area contributed by atoms with Gasteiger partial charge >= 0.3 is 0 Å². The molecule has 1 heterocycles. The standard InChI is InChI=1S/C11H9ClINS/c12-9-4-5-15-11(9)10(14)7-2-1-3-8(13)6-7/h1-6,10H,14H2. The predicted octanol–water partition coefficient (Wildman–Crippen LogP) is 4.05. The van der Waals surface area contributed by atoms with Crippen LogP contribution in [0, 0.1) is 3.57 Å². The molecule has 1 nitrogen and oxygen atoms in total. The van der Waals surface area contributed by atoms with Crippen molar-refractivity contribution in [3.8, 4) is 0 Å². The van der Waals surface area contributed by atoms with Crippen LogP contribution in [0.4, 0.5) is 0 Å². The Bertz CT molecular complexity index is 469. The third kappa shape index (κ3) is 2.53. The molecule has 2 rings (SSSR count). The van der Waals surface area contributed by atoms with Crippen LogP contribution in [-0.2, 0) is 0 Å². The van der Waals surface area contributed by atoms with Crippen LogP contribution in [0.25, 0.3) is 0 Å². The van der Waals surface area contributed by atoms with E-state index < -0.39 is 0 Å². The molecule has 0 fully saturated rings. The fourth-order valence-corrected chi connectivity index (χ4v) is 3.15. The number of benzene rings is 1. The maximum Gasteiger partial charge on any atom is 0.0661 e. The van der Waals surface area contributed by atoms with Crippen molar-refractivity contribution in [1.82, 2.24) is 0 Å². The Labute approximate surface area is 111 Å². The highest BCUT2D eigenvalue weighted by Gasteiger charge is 2.13. The van der Waals surface area contributed by atoms with E-state index in [1.165, 1.54) is 3.57 Å². The largest absolute Gasteiger partial charge is 0.320 e. The zero-order valence-corrected chi connectivity index (χ0v) is 11.5. The molecule has 0 aliphatic rings. The molecule has 0 saturated heterocycles. The molecule has 1 aromatic carbocycles. The van der Waals surface area contributed by atoms with E-state index in [1.54, 1.807) is 11.3 Å². The van der Waals surface area contributed by atoms with Gasteiger partial charge in [0.2, 0.25) is 0 Å². The fraction of sp³-hybridized carbons (Fsp3) is 0.0909. The summed E-state index contributed by atoms with van der Waals surface area (Å²) in [5.41, 5.74) is 7.26. The molecular formula is C11H9ClINS. The van der Waals surface area contributed by atoms with Gasteiger partial charge in [0, 0.05) is 8.45 Å². The van der Waals surface area contributed by atoms with Crippen molar-refractivity contribution in [3.05, 3.63) is 54.7 Å². The monoisotopic (exact) mass is 349 g/mol. The van der Waals surface area contributed by atoms with Gasteiger partial charge in [-0.2, -0.15) is 0 Å². The molecule has 4 heteroatoms. The van der Waals surface area contributed by atoms with Gasteiger partial charge in [0.15, 0.2) is 0 Å². The van der Waals surface area contributed by atoms with Gasteiger partial charge in [0.1, 0.15) is 0 Å². The second kappa shape index (κ2) is 4.82. The quantitative estimate of drug-likeness (QED) is 0.813. The first-order chi connectivity index (χ1) is 7.18. The van der Waals surface area contributed by atoms with Gasteiger partial charge < -0.3 is 5.73 Å². The third-order valence-electron chi connectivity index (χ3n) is 2.14. The minimum Gasteiger partial charge on any atom is -0.320 e. The SMILES string of the molecule is NC(c1cccc(I)c1)c1sccc1Cl. The average molecular weight is 350 g/mol. The highest BCUT2D eigenvalue weighted by atomic mass is 127. The van der Waals surface area contributed by atoms with E-state index in [2.05, 4.69) is 28.7 Å². The van der Waals surface area contributed by atoms with Crippen molar-refractivity contribution in [3.63, 3.8) is 0 Å². The molecule has 1 aromatic heterocycles. The van der Waals surface area contributed by atoms with Gasteiger partial charge in [0.25, 0.3) is 0 Å². The van der Waals surface area contributed by atoms with Crippen LogP contribution in [0.2, 0.25) is 5.02 Å². The number of hydrogen-bond donors (Lipinski definition) is 1. The zero-order valence-electron chi connectivity index (χ0n) is 7.78. The Kier molecular flexibility index (Phi) is 3.66. The van der Waals surface area contributed by atoms with Crippen molar-refractivity contribution in [2.45, 2.75) is 6.04 Å². The summed E-state index contributed by atoms with van der Waals surface area (Å²) in [6, 6.07) is 9.94. The van der Waals surface area contributed by atoms with Gasteiger partial charge in [0.05, 0.1) is 11.1 Å². The van der Waals surface area contributed by atoms with Crippen molar-refractivity contribution in [1.29, 1.82) is 0 Å². The lowest BCUT2D eigenvalue weighted by atomic mass is 10.1. The van der Waals surface area contributed by atoms with Crippen LogP contribution < -0.4 is 5.73 Å². The average Bonchev–Trinajstić information content (AvgIpc) is 2.63. The van der Waals surface area contributed by atoms with Crippen LogP contribution in [0.15, 0.2) is 35.7 Å². The van der Waals surface area contributed by atoms with E-state index in [-0.39, 0.29) is 6.04 Å². The van der Waals surface area contributed by atoms with Gasteiger partial charge in [-0.15, -0.1) is 11.3 Å². The number of hydrogen-bond acceptors (Lipinski definition) is 2. The first-order valence-corrected chi connectivity index (χ1v) is 6.76. The van der Waals surface area contributed by atoms with E-state index >= 15 is 0 Å². The third-order valence-corrected chi connectivity index (χ3v) is 4.25. The van der Waals surface area contributed by atoms with Crippen LogP contribution in [0.3, 0.4) is 0 Å². The molecule has 0 radical (unpaired) electrons. The molecule has 78 valence electrons. The normalized spacial score (nSPS) is 12.7. The highest BCUT2D eigenvalue weighted by molar-refractivity contribution is 14.1. The van der Waals surface area contributed by atoms with E-state index in [4.69, 9.17) is 17.3 Å². The lowest BCUT2D eigenvalue weighted by molar-refractivity contribution is 0.892. The fourth-order valence-electron chi connectivity index (χ4n) is 1.38. The molecule has 1 atom stereocenters. The number of nitrogens with two attached hydrogens (primary N) is 1. The van der Waals surface area contributed by atoms with E-state index in [1.807, 2.05) is 29.6 Å². The maximum absolute atomic E-state index is 6.15. The van der Waals surface area contributed by atoms with Crippen LogP contribution >= 0.6 is 45.5 Å². The summed E-state index contributed by atoms with van der Waals surface area (Å²) in [6.45, 7) is 0. The van der Waals surface area contributed by atoms with Crippen LogP contribution in [0.1, 0.15) is 16.5 Å². The lowest BCUT2D eigenvalue weighted by Gasteiger charge is -2.11. The first kappa shape index (κ1) is 11.4. The highest BCUT2D eigenvalue weighted by Crippen LogP contribution is 2.31.